The maximum absolute atomic E-state index is 5.85. The van der Waals surface area contributed by atoms with Crippen LogP contribution in [-0.4, -0.2) is 34.6 Å². The van der Waals surface area contributed by atoms with Crippen LogP contribution < -0.4 is 10.2 Å². The molecule has 5 nitrogen and oxygen atoms in total. The Kier molecular flexibility index (Phi) is 4.73. The van der Waals surface area contributed by atoms with Crippen LogP contribution in [0, 0.1) is 0 Å². The predicted octanol–water partition coefficient (Wildman–Crippen LogP) is 2.19. The van der Waals surface area contributed by atoms with Crippen molar-refractivity contribution in [1.29, 1.82) is 0 Å². The lowest BCUT2D eigenvalue weighted by Gasteiger charge is -2.26. The summed E-state index contributed by atoms with van der Waals surface area (Å²) in [5, 5.41) is 3.09. The Labute approximate surface area is 101 Å². The zero-order valence-corrected chi connectivity index (χ0v) is 10.9. The first-order valence-corrected chi connectivity index (χ1v) is 5.82. The third kappa shape index (κ3) is 3.20. The van der Waals surface area contributed by atoms with Crippen LogP contribution in [0.15, 0.2) is 0 Å². The summed E-state index contributed by atoms with van der Waals surface area (Å²) in [6.45, 7) is 7.23. The SMILES string of the molecule is CCCN(c1nc(Cl)nc(NC)n1)C(C)C. The Morgan fingerprint density at radius 2 is 2.00 bits per heavy atom. The van der Waals surface area contributed by atoms with Gasteiger partial charge in [0.25, 0.3) is 0 Å². The number of rotatable bonds is 5. The Morgan fingerprint density at radius 1 is 1.31 bits per heavy atom. The summed E-state index contributed by atoms with van der Waals surface area (Å²) < 4.78 is 0. The van der Waals surface area contributed by atoms with E-state index >= 15 is 0 Å². The molecule has 6 heteroatoms. The number of halogens is 1. The Balaban J connectivity index is 3.03. The van der Waals surface area contributed by atoms with Crippen LogP contribution in [0.4, 0.5) is 11.9 Å². The van der Waals surface area contributed by atoms with Crippen LogP contribution in [0.5, 0.6) is 0 Å². The predicted molar refractivity (Wildman–Crippen MR) is 67.2 cm³/mol. The Hall–Kier alpha value is -1.10. The maximum atomic E-state index is 5.85. The molecule has 1 aromatic rings. The molecule has 0 bridgehead atoms. The monoisotopic (exact) mass is 243 g/mol. The molecule has 0 spiro atoms. The number of anilines is 2. The summed E-state index contributed by atoms with van der Waals surface area (Å²) in [6.07, 6.45) is 1.04. The van der Waals surface area contributed by atoms with Gasteiger partial charge in [-0.25, -0.2) is 0 Å². The molecule has 0 saturated heterocycles. The minimum atomic E-state index is 0.219. The summed E-state index contributed by atoms with van der Waals surface area (Å²) in [5.74, 6) is 1.12. The smallest absolute Gasteiger partial charge is 0.231 e. The average molecular weight is 244 g/mol. The van der Waals surface area contributed by atoms with Gasteiger partial charge in [-0.1, -0.05) is 6.92 Å². The summed E-state index contributed by atoms with van der Waals surface area (Å²) in [7, 11) is 1.76. The Morgan fingerprint density at radius 3 is 2.50 bits per heavy atom. The van der Waals surface area contributed by atoms with Gasteiger partial charge in [0.2, 0.25) is 17.2 Å². The molecule has 16 heavy (non-hydrogen) atoms. The summed E-state index contributed by atoms with van der Waals surface area (Å²) in [4.78, 5) is 14.5. The lowest BCUT2D eigenvalue weighted by Crippen LogP contribution is -2.33. The van der Waals surface area contributed by atoms with E-state index in [9.17, 15) is 0 Å². The van der Waals surface area contributed by atoms with Gasteiger partial charge in [-0.2, -0.15) is 15.0 Å². The van der Waals surface area contributed by atoms with Gasteiger partial charge in [0.05, 0.1) is 0 Å². The van der Waals surface area contributed by atoms with E-state index in [1.165, 1.54) is 0 Å². The molecule has 0 unspecified atom stereocenters. The molecule has 0 aromatic carbocycles. The number of nitrogens with zero attached hydrogens (tertiary/aromatic N) is 4. The largest absolute Gasteiger partial charge is 0.357 e. The van der Waals surface area contributed by atoms with Crippen molar-refractivity contribution in [3.8, 4) is 0 Å². The standard InChI is InChI=1S/C10H18ClN5/c1-5-6-16(7(2)3)10-14-8(11)13-9(12-4)15-10/h7H,5-6H2,1-4H3,(H,12,13,14,15). The molecule has 0 radical (unpaired) electrons. The van der Waals surface area contributed by atoms with Gasteiger partial charge < -0.3 is 10.2 Å². The topological polar surface area (TPSA) is 53.9 Å². The van der Waals surface area contributed by atoms with E-state index in [4.69, 9.17) is 11.6 Å². The molecule has 1 rings (SSSR count). The van der Waals surface area contributed by atoms with Crippen LogP contribution in [-0.2, 0) is 0 Å². The van der Waals surface area contributed by atoms with E-state index in [-0.39, 0.29) is 5.28 Å². The molecule has 1 N–H and O–H groups in total. The highest BCUT2D eigenvalue weighted by atomic mass is 35.5. The van der Waals surface area contributed by atoms with E-state index in [0.717, 1.165) is 13.0 Å². The molecule has 0 amide bonds. The highest BCUT2D eigenvalue weighted by Crippen LogP contribution is 2.16. The molecule has 0 atom stereocenters. The number of aromatic nitrogens is 3. The van der Waals surface area contributed by atoms with Gasteiger partial charge >= 0.3 is 0 Å². The fourth-order valence-electron chi connectivity index (χ4n) is 1.41. The van der Waals surface area contributed by atoms with Crippen molar-refractivity contribution in [1.82, 2.24) is 15.0 Å². The van der Waals surface area contributed by atoms with Crippen molar-refractivity contribution >= 4 is 23.5 Å². The number of hydrogen-bond acceptors (Lipinski definition) is 5. The second kappa shape index (κ2) is 5.84. The fourth-order valence-corrected chi connectivity index (χ4v) is 1.57. The lowest BCUT2D eigenvalue weighted by molar-refractivity contribution is 0.649. The van der Waals surface area contributed by atoms with E-state index < -0.39 is 0 Å². The highest BCUT2D eigenvalue weighted by Gasteiger charge is 2.14. The van der Waals surface area contributed by atoms with Crippen LogP contribution in [0.2, 0.25) is 5.28 Å². The third-order valence-electron chi connectivity index (χ3n) is 2.16. The van der Waals surface area contributed by atoms with E-state index in [0.29, 0.717) is 17.9 Å². The first-order chi connectivity index (χ1) is 7.58. The Bertz CT molecular complexity index is 342. The van der Waals surface area contributed by atoms with Gasteiger partial charge in [-0.15, -0.1) is 0 Å². The minimum absolute atomic E-state index is 0.219. The van der Waals surface area contributed by atoms with Crippen molar-refractivity contribution in [2.24, 2.45) is 0 Å². The molecule has 0 aliphatic rings. The average Bonchev–Trinajstić information content (AvgIpc) is 2.24. The molecular formula is C10H18ClN5. The van der Waals surface area contributed by atoms with Gasteiger partial charge in [-0.3, -0.25) is 0 Å². The number of hydrogen-bond donors (Lipinski definition) is 1. The van der Waals surface area contributed by atoms with Gasteiger partial charge in [0.1, 0.15) is 0 Å². The van der Waals surface area contributed by atoms with Crippen LogP contribution >= 0.6 is 11.6 Å². The van der Waals surface area contributed by atoms with Gasteiger partial charge in [0.15, 0.2) is 0 Å². The van der Waals surface area contributed by atoms with E-state index in [2.05, 4.69) is 45.9 Å². The van der Waals surface area contributed by atoms with E-state index in [1.807, 2.05) is 0 Å². The summed E-state index contributed by atoms with van der Waals surface area (Å²) >= 11 is 5.85. The van der Waals surface area contributed by atoms with Gasteiger partial charge in [-0.05, 0) is 31.9 Å². The minimum Gasteiger partial charge on any atom is -0.357 e. The molecule has 1 heterocycles. The third-order valence-corrected chi connectivity index (χ3v) is 2.33. The zero-order valence-electron chi connectivity index (χ0n) is 10.2. The highest BCUT2D eigenvalue weighted by molar-refractivity contribution is 6.28. The molecule has 1 aromatic heterocycles. The van der Waals surface area contributed by atoms with Crippen molar-refractivity contribution in [2.45, 2.75) is 33.2 Å². The second-order valence-corrected chi connectivity index (χ2v) is 4.10. The van der Waals surface area contributed by atoms with Crippen molar-refractivity contribution in [3.63, 3.8) is 0 Å². The summed E-state index contributed by atoms with van der Waals surface area (Å²) in [6, 6.07) is 0.336. The van der Waals surface area contributed by atoms with Crippen molar-refractivity contribution < 1.29 is 0 Å². The summed E-state index contributed by atoms with van der Waals surface area (Å²) in [5.41, 5.74) is 0. The van der Waals surface area contributed by atoms with Crippen LogP contribution in [0.25, 0.3) is 0 Å². The quantitative estimate of drug-likeness (QED) is 0.859. The first-order valence-electron chi connectivity index (χ1n) is 5.44. The molecule has 0 aliphatic heterocycles. The number of nitrogens with one attached hydrogen (secondary N) is 1. The van der Waals surface area contributed by atoms with Gasteiger partial charge in [0, 0.05) is 19.6 Å². The van der Waals surface area contributed by atoms with Crippen molar-refractivity contribution in [2.75, 3.05) is 23.8 Å². The molecule has 90 valence electrons. The normalized spacial score (nSPS) is 10.6. The van der Waals surface area contributed by atoms with E-state index in [1.54, 1.807) is 7.05 Å². The van der Waals surface area contributed by atoms with Crippen molar-refractivity contribution in [3.05, 3.63) is 5.28 Å². The lowest BCUT2D eigenvalue weighted by atomic mass is 10.3. The maximum Gasteiger partial charge on any atom is 0.231 e. The van der Waals surface area contributed by atoms with Crippen LogP contribution in [0.1, 0.15) is 27.2 Å². The fraction of sp³-hybridized carbons (Fsp3) is 0.700. The first kappa shape index (κ1) is 13.0. The second-order valence-electron chi connectivity index (χ2n) is 3.77. The molecule has 0 aliphatic carbocycles. The van der Waals surface area contributed by atoms with Crippen LogP contribution in [0.3, 0.4) is 0 Å². The molecule has 0 fully saturated rings. The zero-order chi connectivity index (χ0) is 12.1. The molecule has 0 saturated carbocycles. The molecular weight excluding hydrogens is 226 g/mol.